The predicted octanol–water partition coefficient (Wildman–Crippen LogP) is 4.49. The quantitative estimate of drug-likeness (QED) is 0.646. The van der Waals surface area contributed by atoms with Crippen LogP contribution in [0.5, 0.6) is 0 Å². The molecule has 1 heterocycles. The molecule has 0 atom stereocenters. The average Bonchev–Trinajstić information content (AvgIpc) is 2.53. The Morgan fingerprint density at radius 2 is 1.90 bits per heavy atom. The van der Waals surface area contributed by atoms with Gasteiger partial charge in [0.2, 0.25) is 0 Å². The van der Waals surface area contributed by atoms with Crippen LogP contribution in [0.3, 0.4) is 0 Å². The molecule has 2 aromatic carbocycles. The van der Waals surface area contributed by atoms with Crippen LogP contribution in [-0.2, 0) is 0 Å². The standard InChI is InChI=1S/C19H17NO/c1-3-11-20-17-13-19(15-7-5-4-6-8-15)21-18-10-9-14(2)12-16(17)18/h3-10,12-13H,1,11H2,2H3. The first-order valence-electron chi connectivity index (χ1n) is 6.99. The third-order valence-corrected chi connectivity index (χ3v) is 3.35. The summed E-state index contributed by atoms with van der Waals surface area (Å²) >= 11 is 0. The predicted molar refractivity (Wildman–Crippen MR) is 87.0 cm³/mol. The first-order chi connectivity index (χ1) is 10.3. The Morgan fingerprint density at radius 1 is 1.10 bits per heavy atom. The van der Waals surface area contributed by atoms with E-state index < -0.39 is 0 Å². The molecule has 0 unspecified atom stereocenters. The molecule has 0 amide bonds. The van der Waals surface area contributed by atoms with Crippen molar-refractivity contribution >= 4 is 11.0 Å². The van der Waals surface area contributed by atoms with E-state index >= 15 is 0 Å². The molecule has 0 fully saturated rings. The lowest BCUT2D eigenvalue weighted by atomic mass is 10.1. The lowest BCUT2D eigenvalue weighted by molar-refractivity contribution is 0.618. The van der Waals surface area contributed by atoms with E-state index in [1.807, 2.05) is 42.5 Å². The van der Waals surface area contributed by atoms with Gasteiger partial charge in [-0.15, -0.1) is 6.58 Å². The SMILES string of the molecule is C=CCN=c1cc(-c2ccccc2)oc2ccc(C)cc12. The van der Waals surface area contributed by atoms with Crippen molar-refractivity contribution in [2.75, 3.05) is 6.54 Å². The second-order valence-electron chi connectivity index (χ2n) is 4.99. The molecule has 0 saturated heterocycles. The van der Waals surface area contributed by atoms with E-state index in [2.05, 4.69) is 30.6 Å². The number of rotatable bonds is 3. The highest BCUT2D eigenvalue weighted by molar-refractivity contribution is 5.79. The summed E-state index contributed by atoms with van der Waals surface area (Å²) in [5.41, 5.74) is 3.10. The third kappa shape index (κ3) is 2.79. The third-order valence-electron chi connectivity index (χ3n) is 3.35. The fourth-order valence-corrected chi connectivity index (χ4v) is 2.32. The van der Waals surface area contributed by atoms with Gasteiger partial charge in [0, 0.05) is 17.0 Å². The molecule has 3 aromatic rings. The second kappa shape index (κ2) is 5.80. The minimum Gasteiger partial charge on any atom is -0.456 e. The maximum Gasteiger partial charge on any atom is 0.136 e. The van der Waals surface area contributed by atoms with E-state index in [0.29, 0.717) is 6.54 Å². The zero-order chi connectivity index (χ0) is 14.7. The fraction of sp³-hybridized carbons (Fsp3) is 0.105. The van der Waals surface area contributed by atoms with Crippen LogP contribution in [-0.4, -0.2) is 6.54 Å². The van der Waals surface area contributed by atoms with Gasteiger partial charge in [-0.05, 0) is 19.1 Å². The molecule has 0 bridgehead atoms. The van der Waals surface area contributed by atoms with Gasteiger partial charge < -0.3 is 4.42 Å². The van der Waals surface area contributed by atoms with Crippen LogP contribution < -0.4 is 5.36 Å². The molecule has 0 N–H and O–H groups in total. The summed E-state index contributed by atoms with van der Waals surface area (Å²) in [5.74, 6) is 0.828. The van der Waals surface area contributed by atoms with Gasteiger partial charge in [0.15, 0.2) is 0 Å². The molecule has 0 aliphatic heterocycles. The Morgan fingerprint density at radius 3 is 2.67 bits per heavy atom. The van der Waals surface area contributed by atoms with Crippen LogP contribution >= 0.6 is 0 Å². The van der Waals surface area contributed by atoms with Crippen molar-refractivity contribution < 1.29 is 4.42 Å². The first kappa shape index (κ1) is 13.4. The second-order valence-corrected chi connectivity index (χ2v) is 4.99. The van der Waals surface area contributed by atoms with E-state index in [0.717, 1.165) is 27.7 Å². The van der Waals surface area contributed by atoms with Crippen LogP contribution in [0.25, 0.3) is 22.3 Å². The number of hydrogen-bond acceptors (Lipinski definition) is 2. The molecule has 0 radical (unpaired) electrons. The summed E-state index contributed by atoms with van der Waals surface area (Å²) in [5, 5.41) is 1.98. The van der Waals surface area contributed by atoms with Gasteiger partial charge in [-0.3, -0.25) is 4.99 Å². The number of fused-ring (bicyclic) bond motifs is 1. The van der Waals surface area contributed by atoms with Gasteiger partial charge >= 0.3 is 0 Å². The molecule has 0 aliphatic carbocycles. The van der Waals surface area contributed by atoms with E-state index in [9.17, 15) is 0 Å². The van der Waals surface area contributed by atoms with Gasteiger partial charge in [0.1, 0.15) is 11.3 Å². The lowest BCUT2D eigenvalue weighted by Crippen LogP contribution is -2.04. The Hall–Kier alpha value is -2.61. The van der Waals surface area contributed by atoms with Crippen molar-refractivity contribution in [3.63, 3.8) is 0 Å². The van der Waals surface area contributed by atoms with Crippen LogP contribution in [0.4, 0.5) is 0 Å². The summed E-state index contributed by atoms with van der Waals surface area (Å²) < 4.78 is 6.04. The highest BCUT2D eigenvalue weighted by Gasteiger charge is 2.05. The molecule has 104 valence electrons. The van der Waals surface area contributed by atoms with E-state index in [4.69, 9.17) is 4.42 Å². The molecule has 0 spiro atoms. The Labute approximate surface area is 124 Å². The number of aryl methyl sites for hydroxylation is 1. The Kier molecular flexibility index (Phi) is 3.69. The molecule has 2 nitrogen and oxygen atoms in total. The largest absolute Gasteiger partial charge is 0.456 e. The maximum absolute atomic E-state index is 6.04. The van der Waals surface area contributed by atoms with Crippen molar-refractivity contribution in [1.29, 1.82) is 0 Å². The van der Waals surface area contributed by atoms with Crippen molar-refractivity contribution in [2.24, 2.45) is 4.99 Å². The van der Waals surface area contributed by atoms with Crippen molar-refractivity contribution in [1.82, 2.24) is 0 Å². The molecule has 1 aromatic heterocycles. The lowest BCUT2D eigenvalue weighted by Gasteiger charge is -2.05. The molecular weight excluding hydrogens is 258 g/mol. The van der Waals surface area contributed by atoms with Crippen LogP contribution in [0.2, 0.25) is 0 Å². The summed E-state index contributed by atoms with van der Waals surface area (Å²) in [4.78, 5) is 4.60. The summed E-state index contributed by atoms with van der Waals surface area (Å²) in [6.07, 6.45) is 1.80. The molecule has 2 heteroatoms. The van der Waals surface area contributed by atoms with E-state index in [-0.39, 0.29) is 0 Å². The topological polar surface area (TPSA) is 25.5 Å². The number of nitrogens with zero attached hydrogens (tertiary/aromatic N) is 1. The van der Waals surface area contributed by atoms with Crippen LogP contribution in [0, 0.1) is 6.92 Å². The highest BCUT2D eigenvalue weighted by Crippen LogP contribution is 2.22. The fourth-order valence-electron chi connectivity index (χ4n) is 2.32. The summed E-state index contributed by atoms with van der Waals surface area (Å²) in [7, 11) is 0. The monoisotopic (exact) mass is 275 g/mol. The summed E-state index contributed by atoms with van der Waals surface area (Å²) in [6.45, 7) is 6.41. The van der Waals surface area contributed by atoms with Crippen molar-refractivity contribution in [2.45, 2.75) is 6.92 Å². The van der Waals surface area contributed by atoms with Gasteiger partial charge in [-0.2, -0.15) is 0 Å². The van der Waals surface area contributed by atoms with Gasteiger partial charge in [-0.1, -0.05) is 48.0 Å². The van der Waals surface area contributed by atoms with Gasteiger partial charge in [0.25, 0.3) is 0 Å². The van der Waals surface area contributed by atoms with Crippen LogP contribution in [0.15, 0.2) is 76.7 Å². The minimum absolute atomic E-state index is 0.598. The summed E-state index contributed by atoms with van der Waals surface area (Å²) in [6, 6.07) is 18.2. The van der Waals surface area contributed by atoms with Gasteiger partial charge in [0.05, 0.1) is 11.9 Å². The molecular formula is C19H17NO. The zero-order valence-corrected chi connectivity index (χ0v) is 12.0. The molecule has 0 saturated carbocycles. The van der Waals surface area contributed by atoms with Crippen molar-refractivity contribution in [3.8, 4) is 11.3 Å². The smallest absolute Gasteiger partial charge is 0.136 e. The van der Waals surface area contributed by atoms with Crippen LogP contribution in [0.1, 0.15) is 5.56 Å². The Balaban J connectivity index is 2.30. The average molecular weight is 275 g/mol. The van der Waals surface area contributed by atoms with Crippen molar-refractivity contribution in [3.05, 3.63) is 78.2 Å². The number of benzene rings is 2. The first-order valence-corrected chi connectivity index (χ1v) is 6.99. The molecule has 21 heavy (non-hydrogen) atoms. The normalized spacial score (nSPS) is 11.8. The minimum atomic E-state index is 0.598. The number of hydrogen-bond donors (Lipinski definition) is 0. The van der Waals surface area contributed by atoms with E-state index in [1.165, 1.54) is 5.56 Å². The molecule has 3 rings (SSSR count). The Bertz CT molecular complexity index is 844. The maximum atomic E-state index is 6.04. The highest BCUT2D eigenvalue weighted by atomic mass is 16.3. The van der Waals surface area contributed by atoms with E-state index in [1.54, 1.807) is 6.08 Å². The van der Waals surface area contributed by atoms with Gasteiger partial charge in [-0.25, -0.2) is 0 Å². The molecule has 0 aliphatic rings. The zero-order valence-electron chi connectivity index (χ0n) is 12.0.